The van der Waals surface area contributed by atoms with Crippen molar-refractivity contribution in [3.63, 3.8) is 0 Å². The molecule has 0 aliphatic heterocycles. The van der Waals surface area contributed by atoms with Gasteiger partial charge in [-0.25, -0.2) is 8.42 Å². The number of hydrogen-bond donors (Lipinski definition) is 1. The fourth-order valence-electron chi connectivity index (χ4n) is 6.55. The van der Waals surface area contributed by atoms with E-state index in [-0.39, 0.29) is 31.7 Å². The van der Waals surface area contributed by atoms with Crippen molar-refractivity contribution in [1.82, 2.24) is 4.31 Å². The Balaban J connectivity index is 1.49. The van der Waals surface area contributed by atoms with Crippen molar-refractivity contribution in [2.45, 2.75) is 96.5 Å². The Hall–Kier alpha value is -3.01. The second-order valence-corrected chi connectivity index (χ2v) is 29.7. The normalized spacial score (nSPS) is 15.5. The molecule has 1 aliphatic rings. The molecule has 0 amide bonds. The van der Waals surface area contributed by atoms with Gasteiger partial charge in [-0.1, -0.05) is 69.6 Å². The highest BCUT2D eigenvalue weighted by Crippen LogP contribution is 2.42. The van der Waals surface area contributed by atoms with Gasteiger partial charge < -0.3 is 24.1 Å². The molecule has 12 heteroatoms. The average molecular weight is 770 g/mol. The van der Waals surface area contributed by atoms with Crippen molar-refractivity contribution in [1.29, 1.82) is 0 Å². The predicted octanol–water partition coefficient (Wildman–Crippen LogP) is 8.86. The summed E-state index contributed by atoms with van der Waals surface area (Å²) in [6, 6.07) is 19.5. The van der Waals surface area contributed by atoms with Gasteiger partial charge in [-0.2, -0.15) is 4.31 Å². The first-order valence-electron chi connectivity index (χ1n) is 18.3. The van der Waals surface area contributed by atoms with Crippen LogP contribution in [0, 0.1) is 13.8 Å². The molecule has 0 spiro atoms. The standard InChI is InChI=1S/C40H59NO8SSi2/c1-29-23-34(46-3)24-30(2)40(29)37-12-10-11-36-35(37)17-18-38(36)49-33-15-13-31(14-16-33)32(25-39(42)43)26-50(44,45)41(27-47-19-21-51(4,5)6)28-48-20-22-52(7,8)9/h10-16,23-24,32,38H,17-22,25-28H2,1-9H3,(H,42,43)/t32?,38-/m1/s1. The Morgan fingerprint density at radius 2 is 1.46 bits per heavy atom. The highest BCUT2D eigenvalue weighted by molar-refractivity contribution is 7.89. The van der Waals surface area contributed by atoms with Crippen LogP contribution in [0.25, 0.3) is 11.1 Å². The molecule has 0 bridgehead atoms. The Bertz CT molecular complexity index is 1720. The molecule has 0 fully saturated rings. The van der Waals surface area contributed by atoms with Crippen LogP contribution in [0.5, 0.6) is 11.5 Å². The van der Waals surface area contributed by atoms with Gasteiger partial charge in [-0.15, -0.1) is 0 Å². The lowest BCUT2D eigenvalue weighted by Gasteiger charge is -2.26. The van der Waals surface area contributed by atoms with Crippen molar-refractivity contribution >= 4 is 32.1 Å². The molecule has 0 aromatic heterocycles. The van der Waals surface area contributed by atoms with E-state index < -0.39 is 38.1 Å². The number of carbonyl (C=O) groups is 1. The SMILES string of the molecule is COc1cc(C)c(-c2cccc3c2CC[C@H]3Oc2ccc(C(CC(=O)O)CS(=O)(=O)N(COCC[Si](C)(C)C)COCC[Si](C)(C)C)cc2)c(C)c1. The zero-order valence-corrected chi connectivity index (χ0v) is 35.4. The van der Waals surface area contributed by atoms with Gasteiger partial charge in [0.1, 0.15) is 31.1 Å². The van der Waals surface area contributed by atoms with Gasteiger partial charge in [0.2, 0.25) is 10.0 Å². The lowest BCUT2D eigenvalue weighted by atomic mass is 9.90. The number of carboxylic acids is 1. The molecule has 9 nitrogen and oxygen atoms in total. The summed E-state index contributed by atoms with van der Waals surface area (Å²) in [5, 5.41) is 9.80. The van der Waals surface area contributed by atoms with Crippen molar-refractivity contribution in [2.24, 2.45) is 0 Å². The first-order valence-corrected chi connectivity index (χ1v) is 27.3. The van der Waals surface area contributed by atoms with Crippen LogP contribution in [-0.2, 0) is 30.7 Å². The van der Waals surface area contributed by atoms with Crippen molar-refractivity contribution in [2.75, 3.05) is 39.5 Å². The van der Waals surface area contributed by atoms with Crippen LogP contribution in [0.4, 0.5) is 0 Å². The number of rotatable bonds is 20. The number of benzene rings is 3. The van der Waals surface area contributed by atoms with Crippen molar-refractivity contribution in [3.05, 3.63) is 82.4 Å². The van der Waals surface area contributed by atoms with Gasteiger partial charge in [0.25, 0.3) is 0 Å². The van der Waals surface area contributed by atoms with Crippen LogP contribution < -0.4 is 9.47 Å². The van der Waals surface area contributed by atoms with Crippen LogP contribution in [0.1, 0.15) is 52.7 Å². The van der Waals surface area contributed by atoms with Crippen molar-refractivity contribution < 1.29 is 37.3 Å². The molecule has 52 heavy (non-hydrogen) atoms. The third-order valence-electron chi connectivity index (χ3n) is 9.55. The predicted molar refractivity (Wildman–Crippen MR) is 215 cm³/mol. The molecule has 0 saturated carbocycles. The van der Waals surface area contributed by atoms with Gasteiger partial charge in [0, 0.05) is 35.3 Å². The molecule has 3 aromatic carbocycles. The maximum Gasteiger partial charge on any atom is 0.303 e. The summed E-state index contributed by atoms with van der Waals surface area (Å²) in [5.41, 5.74) is 7.82. The number of aryl methyl sites for hydroxylation is 2. The summed E-state index contributed by atoms with van der Waals surface area (Å²) in [4.78, 5) is 12.0. The number of nitrogens with zero attached hydrogens (tertiary/aromatic N) is 1. The Morgan fingerprint density at radius 1 is 0.885 bits per heavy atom. The molecule has 0 heterocycles. The second-order valence-electron chi connectivity index (χ2n) is 16.4. The van der Waals surface area contributed by atoms with Crippen LogP contribution in [0.15, 0.2) is 54.6 Å². The molecule has 1 aliphatic carbocycles. The lowest BCUT2D eigenvalue weighted by Crippen LogP contribution is -2.39. The molecule has 0 saturated heterocycles. The Labute approximate surface area is 313 Å². The molecular weight excluding hydrogens is 711 g/mol. The van der Waals surface area contributed by atoms with Crippen LogP contribution in [0.3, 0.4) is 0 Å². The lowest BCUT2D eigenvalue weighted by molar-refractivity contribution is -0.137. The van der Waals surface area contributed by atoms with Crippen LogP contribution in [-0.4, -0.2) is 79.5 Å². The van der Waals surface area contributed by atoms with Gasteiger partial charge in [0.15, 0.2) is 0 Å². The number of aliphatic carboxylic acids is 1. The second kappa shape index (κ2) is 17.9. The zero-order valence-electron chi connectivity index (χ0n) is 32.6. The summed E-state index contributed by atoms with van der Waals surface area (Å²) in [7, 11) is -5.00. The van der Waals surface area contributed by atoms with Gasteiger partial charge in [-0.05, 0) is 102 Å². The van der Waals surface area contributed by atoms with Crippen molar-refractivity contribution in [3.8, 4) is 22.6 Å². The Morgan fingerprint density at radius 3 is 1.98 bits per heavy atom. The number of hydrogen-bond acceptors (Lipinski definition) is 7. The quantitative estimate of drug-likeness (QED) is 0.0690. The fraction of sp³-hybridized carbons (Fsp3) is 0.525. The largest absolute Gasteiger partial charge is 0.497 e. The number of sulfonamides is 1. The summed E-state index contributed by atoms with van der Waals surface area (Å²) < 4.78 is 52.6. The number of carboxylic acid groups (broad SMARTS) is 1. The topological polar surface area (TPSA) is 112 Å². The molecular formula is C40H59NO8SSi2. The van der Waals surface area contributed by atoms with E-state index in [2.05, 4.69) is 83.5 Å². The maximum absolute atomic E-state index is 13.9. The van der Waals surface area contributed by atoms with E-state index in [1.165, 1.54) is 21.0 Å². The molecule has 3 aromatic rings. The maximum atomic E-state index is 13.9. The van der Waals surface area contributed by atoms with Gasteiger partial charge in [-0.3, -0.25) is 4.79 Å². The molecule has 1 N–H and O–H groups in total. The fourth-order valence-corrected chi connectivity index (χ4v) is 9.57. The van der Waals surface area contributed by atoms with E-state index in [1.54, 1.807) is 19.2 Å². The highest BCUT2D eigenvalue weighted by Gasteiger charge is 2.31. The number of ether oxygens (including phenoxy) is 4. The molecule has 286 valence electrons. The summed E-state index contributed by atoms with van der Waals surface area (Å²) in [6.45, 7) is 18.3. The van der Waals surface area contributed by atoms with E-state index in [1.807, 2.05) is 12.1 Å². The minimum absolute atomic E-state index is 0.130. The Kier molecular flexibility index (Phi) is 14.4. The van der Waals surface area contributed by atoms with Crippen LogP contribution in [0.2, 0.25) is 51.4 Å². The van der Waals surface area contributed by atoms with E-state index >= 15 is 0 Å². The monoisotopic (exact) mass is 769 g/mol. The number of fused-ring (bicyclic) bond motifs is 1. The van der Waals surface area contributed by atoms with E-state index in [0.717, 1.165) is 47.4 Å². The number of methoxy groups -OCH3 is 1. The zero-order chi connectivity index (χ0) is 38.3. The average Bonchev–Trinajstić information content (AvgIpc) is 3.45. The third-order valence-corrected chi connectivity index (χ3v) is 14.8. The first kappa shape index (κ1) is 41.7. The summed E-state index contributed by atoms with van der Waals surface area (Å²) in [6.07, 6.45) is 1.25. The third kappa shape index (κ3) is 12.0. The minimum Gasteiger partial charge on any atom is -0.497 e. The minimum atomic E-state index is -3.94. The highest BCUT2D eigenvalue weighted by atomic mass is 32.2. The van der Waals surface area contributed by atoms with Gasteiger partial charge >= 0.3 is 5.97 Å². The van der Waals surface area contributed by atoms with E-state index in [0.29, 0.717) is 24.5 Å². The van der Waals surface area contributed by atoms with Gasteiger partial charge in [0.05, 0.1) is 19.3 Å². The van der Waals surface area contributed by atoms with E-state index in [9.17, 15) is 18.3 Å². The summed E-state index contributed by atoms with van der Waals surface area (Å²) >= 11 is 0. The molecule has 4 rings (SSSR count). The molecule has 0 radical (unpaired) electrons. The molecule has 2 atom stereocenters. The molecule has 1 unspecified atom stereocenters. The first-order chi connectivity index (χ1) is 24.4. The summed E-state index contributed by atoms with van der Waals surface area (Å²) in [5.74, 6) is -0.717. The smallest absolute Gasteiger partial charge is 0.303 e. The van der Waals surface area contributed by atoms with E-state index in [4.69, 9.17) is 18.9 Å². The van der Waals surface area contributed by atoms with Crippen LogP contribution >= 0.6 is 0 Å².